The van der Waals surface area contributed by atoms with Gasteiger partial charge in [-0.25, -0.2) is 4.39 Å². The zero-order chi connectivity index (χ0) is 18.1. The summed E-state index contributed by atoms with van der Waals surface area (Å²) in [7, 11) is 0. The highest BCUT2D eigenvalue weighted by Gasteiger charge is 2.19. The molecule has 1 heterocycles. The molecule has 0 spiro atoms. The van der Waals surface area contributed by atoms with E-state index < -0.39 is 11.9 Å². The van der Waals surface area contributed by atoms with Gasteiger partial charge in [0, 0.05) is 6.54 Å². The molecule has 25 heavy (non-hydrogen) atoms. The van der Waals surface area contributed by atoms with E-state index in [1.807, 2.05) is 6.92 Å². The van der Waals surface area contributed by atoms with Crippen molar-refractivity contribution in [3.05, 3.63) is 65.4 Å². The van der Waals surface area contributed by atoms with E-state index in [1.165, 1.54) is 24.7 Å². The molecular weight excluding hydrogens is 349 g/mol. The van der Waals surface area contributed by atoms with Crippen LogP contribution in [0, 0.1) is 5.82 Å². The second-order valence-electron chi connectivity index (χ2n) is 5.13. The van der Waals surface area contributed by atoms with Gasteiger partial charge in [0.15, 0.2) is 6.10 Å². The van der Waals surface area contributed by atoms with Crippen molar-refractivity contribution in [3.8, 4) is 5.75 Å². The van der Waals surface area contributed by atoms with Crippen molar-refractivity contribution in [2.45, 2.75) is 19.4 Å². The minimum Gasteiger partial charge on any atom is -0.479 e. The van der Waals surface area contributed by atoms with Crippen molar-refractivity contribution in [1.29, 1.82) is 0 Å². The van der Waals surface area contributed by atoms with Crippen LogP contribution in [0.25, 0.3) is 0 Å². The molecule has 0 fully saturated rings. The molecule has 1 aromatic rings. The third-order valence-corrected chi connectivity index (χ3v) is 3.59. The fraction of sp³-hybridized carbons (Fsp3) is 0.278. The number of amides is 1. The van der Waals surface area contributed by atoms with Crippen molar-refractivity contribution < 1.29 is 23.4 Å². The zero-order valence-electron chi connectivity index (χ0n) is 13.7. The van der Waals surface area contributed by atoms with Crippen LogP contribution in [0.5, 0.6) is 5.75 Å². The zero-order valence-corrected chi connectivity index (χ0v) is 14.5. The second-order valence-corrected chi connectivity index (χ2v) is 5.54. The van der Waals surface area contributed by atoms with Gasteiger partial charge in [0.1, 0.15) is 11.6 Å². The van der Waals surface area contributed by atoms with E-state index in [0.717, 1.165) is 11.6 Å². The van der Waals surface area contributed by atoms with Crippen LogP contribution in [-0.2, 0) is 14.3 Å². The van der Waals surface area contributed by atoms with Crippen LogP contribution in [0.3, 0.4) is 0 Å². The highest BCUT2D eigenvalue weighted by atomic mass is 35.5. The monoisotopic (exact) mass is 367 g/mol. The summed E-state index contributed by atoms with van der Waals surface area (Å²) in [5.41, 5.74) is 0.824. The van der Waals surface area contributed by atoms with E-state index in [0.29, 0.717) is 13.0 Å². The summed E-state index contributed by atoms with van der Waals surface area (Å²) in [6.07, 6.45) is 7.94. The van der Waals surface area contributed by atoms with Crippen LogP contribution in [0.1, 0.15) is 13.3 Å². The maximum absolute atomic E-state index is 13.1. The Kier molecular flexibility index (Phi) is 7.35. The Morgan fingerprint density at radius 3 is 2.96 bits per heavy atom. The Morgan fingerprint density at radius 1 is 1.40 bits per heavy atom. The van der Waals surface area contributed by atoms with Gasteiger partial charge in [-0.05, 0) is 42.3 Å². The lowest BCUT2D eigenvalue weighted by Crippen LogP contribution is -2.38. The standard InChI is InChI=1S/C18H19ClFNO4/c1-2-16(25-17-6-5-14(20)10-15(17)19)18(22)21-11-13-4-3-8-23-12-24-9-7-13/h3-10,16H,2,11-12H2,1H3,(H,21,22)/b8-3+,9-7+,13-4+. The Bertz CT molecular complexity index is 688. The number of carbonyl (C=O) groups is 1. The molecule has 1 aromatic carbocycles. The van der Waals surface area contributed by atoms with Gasteiger partial charge in [0.2, 0.25) is 6.79 Å². The number of benzene rings is 1. The van der Waals surface area contributed by atoms with Crippen molar-refractivity contribution >= 4 is 17.5 Å². The fourth-order valence-corrected chi connectivity index (χ4v) is 2.21. The summed E-state index contributed by atoms with van der Waals surface area (Å²) in [6.45, 7) is 2.24. The van der Waals surface area contributed by atoms with Gasteiger partial charge in [-0.1, -0.05) is 24.6 Å². The van der Waals surface area contributed by atoms with E-state index in [2.05, 4.69) is 5.32 Å². The average Bonchev–Trinajstić information content (AvgIpc) is 2.73. The van der Waals surface area contributed by atoms with Crippen LogP contribution in [0.2, 0.25) is 5.02 Å². The molecule has 1 unspecified atom stereocenters. The topological polar surface area (TPSA) is 56.8 Å². The Balaban J connectivity index is 1.96. The lowest BCUT2D eigenvalue weighted by atomic mass is 10.2. The summed E-state index contributed by atoms with van der Waals surface area (Å²) < 4.78 is 28.8. The molecule has 0 saturated carbocycles. The Labute approximate surface area is 150 Å². The van der Waals surface area contributed by atoms with Crippen LogP contribution >= 0.6 is 11.6 Å². The quantitative estimate of drug-likeness (QED) is 0.832. The maximum Gasteiger partial charge on any atom is 0.261 e. The molecule has 0 aliphatic carbocycles. The van der Waals surface area contributed by atoms with Crippen molar-refractivity contribution in [2.75, 3.05) is 13.3 Å². The van der Waals surface area contributed by atoms with Gasteiger partial charge in [-0.3, -0.25) is 4.79 Å². The van der Waals surface area contributed by atoms with Gasteiger partial charge < -0.3 is 19.5 Å². The Hall–Kier alpha value is -2.47. The molecule has 1 aliphatic rings. The molecule has 2 rings (SSSR count). The number of halogens is 2. The molecule has 0 radical (unpaired) electrons. The van der Waals surface area contributed by atoms with Crippen LogP contribution < -0.4 is 10.1 Å². The molecule has 1 atom stereocenters. The summed E-state index contributed by atoms with van der Waals surface area (Å²) in [5.74, 6) is -0.494. The lowest BCUT2D eigenvalue weighted by molar-refractivity contribution is -0.127. The first-order valence-corrected chi connectivity index (χ1v) is 8.13. The minimum absolute atomic E-state index is 0.121. The molecular formula is C18H19ClFNO4. The highest BCUT2D eigenvalue weighted by molar-refractivity contribution is 6.32. The average molecular weight is 368 g/mol. The molecule has 1 amide bonds. The summed E-state index contributed by atoms with van der Waals surface area (Å²) >= 11 is 5.93. The largest absolute Gasteiger partial charge is 0.479 e. The first-order valence-electron chi connectivity index (χ1n) is 7.75. The number of ether oxygens (including phenoxy) is 3. The number of hydrogen-bond donors (Lipinski definition) is 1. The SMILES string of the molecule is CCC(Oc1ccc(F)cc1Cl)C(=O)NCC1=C/C=C/OCO\C=C\1. The molecule has 0 saturated heterocycles. The predicted molar refractivity (Wildman–Crippen MR) is 92.5 cm³/mol. The van der Waals surface area contributed by atoms with Crippen molar-refractivity contribution in [2.24, 2.45) is 0 Å². The van der Waals surface area contributed by atoms with Gasteiger partial charge in [0.25, 0.3) is 5.91 Å². The smallest absolute Gasteiger partial charge is 0.261 e. The number of nitrogens with one attached hydrogen (secondary N) is 1. The molecule has 5 nitrogen and oxygen atoms in total. The third-order valence-electron chi connectivity index (χ3n) is 3.29. The molecule has 1 aliphatic heterocycles. The number of hydrogen-bond acceptors (Lipinski definition) is 4. The molecule has 1 N–H and O–H groups in total. The van der Waals surface area contributed by atoms with Gasteiger partial charge in [-0.15, -0.1) is 0 Å². The third kappa shape index (κ3) is 6.15. The molecule has 0 bridgehead atoms. The minimum atomic E-state index is -0.737. The van der Waals surface area contributed by atoms with Crippen molar-refractivity contribution in [1.82, 2.24) is 5.32 Å². The van der Waals surface area contributed by atoms with Crippen LogP contribution in [0.15, 0.2) is 54.5 Å². The van der Waals surface area contributed by atoms with E-state index in [1.54, 1.807) is 18.2 Å². The summed E-state index contributed by atoms with van der Waals surface area (Å²) in [4.78, 5) is 12.3. The fourth-order valence-electron chi connectivity index (χ4n) is 1.99. The number of rotatable bonds is 6. The predicted octanol–water partition coefficient (Wildman–Crippen LogP) is 3.71. The van der Waals surface area contributed by atoms with E-state index in [-0.39, 0.29) is 23.5 Å². The van der Waals surface area contributed by atoms with E-state index in [9.17, 15) is 9.18 Å². The number of allylic oxidation sites excluding steroid dienone is 2. The molecule has 7 heteroatoms. The van der Waals surface area contributed by atoms with Crippen LogP contribution in [0.4, 0.5) is 4.39 Å². The van der Waals surface area contributed by atoms with Gasteiger partial charge in [-0.2, -0.15) is 0 Å². The maximum atomic E-state index is 13.1. The molecule has 0 aromatic heterocycles. The normalized spacial score (nSPS) is 19.6. The lowest BCUT2D eigenvalue weighted by Gasteiger charge is -2.18. The first-order chi connectivity index (χ1) is 12.1. The van der Waals surface area contributed by atoms with E-state index in [4.69, 9.17) is 25.8 Å². The van der Waals surface area contributed by atoms with E-state index >= 15 is 0 Å². The van der Waals surface area contributed by atoms with Gasteiger partial charge >= 0.3 is 0 Å². The van der Waals surface area contributed by atoms with Crippen molar-refractivity contribution in [3.63, 3.8) is 0 Å². The second kappa shape index (κ2) is 9.74. The highest BCUT2D eigenvalue weighted by Crippen LogP contribution is 2.26. The molecule has 134 valence electrons. The van der Waals surface area contributed by atoms with Gasteiger partial charge in [0.05, 0.1) is 17.5 Å². The summed E-state index contributed by atoms with van der Waals surface area (Å²) in [5, 5.41) is 2.91. The number of carbonyl (C=O) groups excluding carboxylic acids is 1. The Morgan fingerprint density at radius 2 is 2.20 bits per heavy atom. The van der Waals surface area contributed by atoms with Crippen LogP contribution in [-0.4, -0.2) is 25.3 Å². The summed E-state index contributed by atoms with van der Waals surface area (Å²) in [6, 6.07) is 3.77. The first kappa shape index (κ1) is 18.9.